The van der Waals surface area contributed by atoms with E-state index >= 15 is 0 Å². The van der Waals surface area contributed by atoms with Crippen LogP contribution < -0.4 is 15.6 Å². The number of aromatic nitrogens is 2. The van der Waals surface area contributed by atoms with Gasteiger partial charge in [-0.1, -0.05) is 12.1 Å². The summed E-state index contributed by atoms with van der Waals surface area (Å²) in [5, 5.41) is 6.71. The van der Waals surface area contributed by atoms with Gasteiger partial charge in [-0.25, -0.2) is 4.39 Å². The number of carbonyl (C=O) groups excluding carboxylic acids is 2. The molecule has 0 saturated carbocycles. The van der Waals surface area contributed by atoms with Crippen molar-refractivity contribution in [3.63, 3.8) is 0 Å². The van der Waals surface area contributed by atoms with E-state index < -0.39 is 17.6 Å². The molecular formula is C19H17FN4O3. The number of nitrogens with one attached hydrogen (secondary N) is 3. The van der Waals surface area contributed by atoms with Gasteiger partial charge in [0.1, 0.15) is 17.3 Å². The molecule has 0 radical (unpaired) electrons. The van der Waals surface area contributed by atoms with Crippen LogP contribution in [-0.2, 0) is 11.2 Å². The molecule has 3 aromatic rings. The third-order valence-corrected chi connectivity index (χ3v) is 3.78. The van der Waals surface area contributed by atoms with Gasteiger partial charge in [0.05, 0.1) is 19.2 Å². The van der Waals surface area contributed by atoms with Crippen molar-refractivity contribution < 1.29 is 18.7 Å². The Morgan fingerprint density at radius 2 is 1.89 bits per heavy atom. The number of methoxy groups -OCH3 is 1. The number of aromatic amines is 1. The highest BCUT2D eigenvalue weighted by Crippen LogP contribution is 2.21. The normalized spacial score (nSPS) is 10.3. The van der Waals surface area contributed by atoms with Gasteiger partial charge in [0.2, 0.25) is 5.91 Å². The van der Waals surface area contributed by atoms with Gasteiger partial charge in [0.25, 0.3) is 5.91 Å². The van der Waals surface area contributed by atoms with E-state index in [1.165, 1.54) is 18.2 Å². The molecule has 0 unspecified atom stereocenters. The molecule has 7 nitrogen and oxygen atoms in total. The van der Waals surface area contributed by atoms with Crippen molar-refractivity contribution in [2.45, 2.75) is 6.42 Å². The van der Waals surface area contributed by atoms with Gasteiger partial charge >= 0.3 is 0 Å². The lowest BCUT2D eigenvalue weighted by molar-refractivity contribution is -0.121. The third-order valence-electron chi connectivity index (χ3n) is 3.78. The summed E-state index contributed by atoms with van der Waals surface area (Å²) in [4.78, 5) is 24.0. The van der Waals surface area contributed by atoms with E-state index in [0.717, 1.165) is 5.56 Å². The summed E-state index contributed by atoms with van der Waals surface area (Å²) in [6.07, 6.45) is -0.0574. The van der Waals surface area contributed by atoms with Gasteiger partial charge in [-0.2, -0.15) is 5.10 Å². The van der Waals surface area contributed by atoms with E-state index in [9.17, 15) is 14.0 Å². The van der Waals surface area contributed by atoms with E-state index in [2.05, 4.69) is 21.0 Å². The van der Waals surface area contributed by atoms with E-state index in [4.69, 9.17) is 4.74 Å². The molecule has 2 amide bonds. The predicted octanol–water partition coefficient (Wildman–Crippen LogP) is 2.23. The summed E-state index contributed by atoms with van der Waals surface area (Å²) in [5.74, 6) is -0.722. The first kappa shape index (κ1) is 18.1. The fourth-order valence-electron chi connectivity index (χ4n) is 2.42. The molecule has 0 fully saturated rings. The van der Waals surface area contributed by atoms with Crippen LogP contribution in [0.4, 0.5) is 4.39 Å². The Morgan fingerprint density at radius 3 is 2.59 bits per heavy atom. The Morgan fingerprint density at radius 1 is 1.11 bits per heavy atom. The Labute approximate surface area is 154 Å². The zero-order chi connectivity index (χ0) is 19.2. The molecule has 0 spiro atoms. The summed E-state index contributed by atoms with van der Waals surface area (Å²) in [6.45, 7) is 0. The number of hydrogen-bond acceptors (Lipinski definition) is 4. The third kappa shape index (κ3) is 4.69. The largest absolute Gasteiger partial charge is 0.497 e. The topological polar surface area (TPSA) is 96.1 Å². The number of carbonyl (C=O) groups is 2. The van der Waals surface area contributed by atoms with Crippen LogP contribution in [0.5, 0.6) is 5.75 Å². The number of hydrogen-bond donors (Lipinski definition) is 3. The van der Waals surface area contributed by atoms with Crippen molar-refractivity contribution in [3.8, 4) is 17.0 Å². The molecule has 1 aromatic heterocycles. The van der Waals surface area contributed by atoms with Crippen LogP contribution in [0.25, 0.3) is 11.3 Å². The molecule has 2 aromatic carbocycles. The molecule has 0 bridgehead atoms. The van der Waals surface area contributed by atoms with Crippen LogP contribution in [0.2, 0.25) is 0 Å². The van der Waals surface area contributed by atoms with Gasteiger partial charge < -0.3 is 4.74 Å². The number of rotatable bonds is 5. The van der Waals surface area contributed by atoms with E-state index in [-0.39, 0.29) is 12.1 Å². The SMILES string of the molecule is COc1ccc(-c2cc(C(=O)NNC(=O)Cc3cccc(F)c3)[nH]n2)cc1. The quantitative estimate of drug-likeness (QED) is 0.602. The molecule has 1 heterocycles. The molecule has 3 rings (SSSR count). The Kier molecular flexibility index (Phi) is 5.46. The molecule has 0 aliphatic rings. The average Bonchev–Trinajstić information content (AvgIpc) is 3.16. The van der Waals surface area contributed by atoms with Gasteiger partial charge in [0, 0.05) is 5.56 Å². The van der Waals surface area contributed by atoms with Crippen LogP contribution in [0, 0.1) is 5.82 Å². The molecule has 0 aliphatic carbocycles. The maximum absolute atomic E-state index is 13.1. The van der Waals surface area contributed by atoms with Crippen LogP contribution in [0.1, 0.15) is 16.1 Å². The number of benzene rings is 2. The zero-order valence-electron chi connectivity index (χ0n) is 14.5. The number of ether oxygens (including phenoxy) is 1. The number of amides is 2. The summed E-state index contributed by atoms with van der Waals surface area (Å²) in [6, 6.07) is 14.5. The summed E-state index contributed by atoms with van der Waals surface area (Å²) in [7, 11) is 1.58. The summed E-state index contributed by atoms with van der Waals surface area (Å²) >= 11 is 0. The second kappa shape index (κ2) is 8.13. The minimum atomic E-state index is -0.546. The maximum atomic E-state index is 13.1. The van der Waals surface area contributed by atoms with Crippen molar-refractivity contribution in [1.82, 2.24) is 21.0 Å². The molecule has 3 N–H and O–H groups in total. The first-order chi connectivity index (χ1) is 13.0. The minimum absolute atomic E-state index is 0.0574. The molecule has 0 atom stereocenters. The Hall–Kier alpha value is -3.68. The molecule has 0 aliphatic heterocycles. The molecule has 138 valence electrons. The van der Waals surface area contributed by atoms with Crippen LogP contribution in [0.3, 0.4) is 0 Å². The lowest BCUT2D eigenvalue weighted by Gasteiger charge is -2.06. The fourth-order valence-corrected chi connectivity index (χ4v) is 2.42. The van der Waals surface area contributed by atoms with Crippen LogP contribution >= 0.6 is 0 Å². The number of hydrazine groups is 1. The van der Waals surface area contributed by atoms with E-state index in [0.29, 0.717) is 17.0 Å². The Bertz CT molecular complexity index is 954. The Balaban J connectivity index is 1.56. The second-order valence-electron chi connectivity index (χ2n) is 5.70. The molecule has 0 saturated heterocycles. The summed E-state index contributed by atoms with van der Waals surface area (Å²) in [5.41, 5.74) is 6.66. The smallest absolute Gasteiger partial charge is 0.287 e. The van der Waals surface area contributed by atoms with Crippen LogP contribution in [0.15, 0.2) is 54.6 Å². The van der Waals surface area contributed by atoms with Gasteiger partial charge in [-0.3, -0.25) is 25.5 Å². The van der Waals surface area contributed by atoms with Crippen LogP contribution in [-0.4, -0.2) is 29.1 Å². The van der Waals surface area contributed by atoms with Crippen molar-refractivity contribution in [2.75, 3.05) is 7.11 Å². The van der Waals surface area contributed by atoms with Gasteiger partial charge in [-0.05, 0) is 48.0 Å². The predicted molar refractivity (Wildman–Crippen MR) is 96.3 cm³/mol. The monoisotopic (exact) mass is 368 g/mol. The maximum Gasteiger partial charge on any atom is 0.287 e. The zero-order valence-corrected chi connectivity index (χ0v) is 14.5. The minimum Gasteiger partial charge on any atom is -0.497 e. The molecule has 27 heavy (non-hydrogen) atoms. The fraction of sp³-hybridized carbons (Fsp3) is 0.105. The number of halogens is 1. The van der Waals surface area contributed by atoms with Crippen molar-refractivity contribution in [2.24, 2.45) is 0 Å². The van der Waals surface area contributed by atoms with Crippen molar-refractivity contribution in [3.05, 3.63) is 71.7 Å². The van der Waals surface area contributed by atoms with Crippen molar-refractivity contribution >= 4 is 11.8 Å². The summed E-state index contributed by atoms with van der Waals surface area (Å²) < 4.78 is 18.2. The van der Waals surface area contributed by atoms with E-state index in [1.807, 2.05) is 12.1 Å². The highest BCUT2D eigenvalue weighted by Gasteiger charge is 2.12. The lowest BCUT2D eigenvalue weighted by atomic mass is 10.1. The first-order valence-corrected chi connectivity index (χ1v) is 8.08. The highest BCUT2D eigenvalue weighted by molar-refractivity contribution is 5.94. The first-order valence-electron chi connectivity index (χ1n) is 8.08. The second-order valence-corrected chi connectivity index (χ2v) is 5.70. The number of H-pyrrole nitrogens is 1. The lowest BCUT2D eigenvalue weighted by Crippen LogP contribution is -2.42. The van der Waals surface area contributed by atoms with Gasteiger partial charge in [0.15, 0.2) is 0 Å². The molecule has 8 heteroatoms. The standard InChI is InChI=1S/C19H17FN4O3/c1-27-15-7-5-13(6-8-15)16-11-17(22-21-16)19(26)24-23-18(25)10-12-3-2-4-14(20)9-12/h2-9,11H,10H2,1H3,(H,21,22)(H,23,25)(H,24,26). The van der Waals surface area contributed by atoms with Crippen molar-refractivity contribution in [1.29, 1.82) is 0 Å². The highest BCUT2D eigenvalue weighted by atomic mass is 19.1. The van der Waals surface area contributed by atoms with E-state index in [1.54, 1.807) is 31.4 Å². The average molecular weight is 368 g/mol. The number of nitrogens with zero attached hydrogens (tertiary/aromatic N) is 1. The van der Waals surface area contributed by atoms with Gasteiger partial charge in [-0.15, -0.1) is 0 Å². The molecular weight excluding hydrogens is 351 g/mol.